The molecule has 4 rings (SSSR count). The highest BCUT2D eigenvalue weighted by atomic mass is 16.5. The van der Waals surface area contributed by atoms with Crippen molar-refractivity contribution in [3.63, 3.8) is 0 Å². The number of fused-ring (bicyclic) bond motifs is 1. The molecular formula is C20H24N4O3. The Morgan fingerprint density at radius 2 is 2.00 bits per heavy atom. The molecule has 1 aliphatic rings. The van der Waals surface area contributed by atoms with Gasteiger partial charge in [0.25, 0.3) is 5.89 Å². The predicted molar refractivity (Wildman–Crippen MR) is 103 cm³/mol. The molecule has 3 aromatic rings. The van der Waals surface area contributed by atoms with Crippen LogP contribution in [0.3, 0.4) is 0 Å². The van der Waals surface area contributed by atoms with E-state index in [1.807, 2.05) is 13.0 Å². The zero-order chi connectivity index (χ0) is 19.2. The number of phenolic OH excluding ortho intramolecular Hbond substituents is 1. The van der Waals surface area contributed by atoms with Gasteiger partial charge in [0.1, 0.15) is 11.4 Å². The Morgan fingerprint density at radius 3 is 2.70 bits per heavy atom. The van der Waals surface area contributed by atoms with Crippen LogP contribution < -0.4 is 5.32 Å². The van der Waals surface area contributed by atoms with Gasteiger partial charge in [-0.1, -0.05) is 25.9 Å². The lowest BCUT2D eigenvalue weighted by atomic mass is 9.84. The average molecular weight is 368 g/mol. The second kappa shape index (κ2) is 6.49. The molecule has 1 atom stereocenters. The molecule has 1 fully saturated rings. The molecule has 0 spiro atoms. The number of pyridine rings is 1. The minimum absolute atomic E-state index is 0.168. The van der Waals surface area contributed by atoms with Crippen LogP contribution in [0.4, 0.5) is 6.01 Å². The van der Waals surface area contributed by atoms with E-state index in [0.29, 0.717) is 24.2 Å². The highest BCUT2D eigenvalue weighted by Gasteiger charge is 2.22. The van der Waals surface area contributed by atoms with Gasteiger partial charge in [0.2, 0.25) is 0 Å². The maximum absolute atomic E-state index is 10.1. The van der Waals surface area contributed by atoms with Gasteiger partial charge in [0.05, 0.1) is 18.2 Å². The minimum atomic E-state index is -0.168. The van der Waals surface area contributed by atoms with Crippen LogP contribution in [0, 0.1) is 6.92 Å². The number of hydrogen-bond donors (Lipinski definition) is 2. The van der Waals surface area contributed by atoms with E-state index in [4.69, 9.17) is 14.1 Å². The normalized spacial score (nSPS) is 17.6. The second-order valence-corrected chi connectivity index (χ2v) is 8.08. The fraction of sp³-hybridized carbons (Fsp3) is 0.450. The zero-order valence-electron chi connectivity index (χ0n) is 16.0. The van der Waals surface area contributed by atoms with Crippen LogP contribution in [0.1, 0.15) is 38.3 Å². The summed E-state index contributed by atoms with van der Waals surface area (Å²) >= 11 is 0. The molecule has 7 heteroatoms. The van der Waals surface area contributed by atoms with Crippen molar-refractivity contribution in [2.24, 2.45) is 0 Å². The molecule has 1 saturated heterocycles. The molecule has 0 unspecified atom stereocenters. The van der Waals surface area contributed by atoms with E-state index >= 15 is 0 Å². The van der Waals surface area contributed by atoms with Crippen molar-refractivity contribution >= 4 is 16.9 Å². The van der Waals surface area contributed by atoms with E-state index in [1.165, 1.54) is 0 Å². The van der Waals surface area contributed by atoms with Crippen LogP contribution in [-0.2, 0) is 10.2 Å². The summed E-state index contributed by atoms with van der Waals surface area (Å²) in [6.07, 6.45) is 0.920. The number of aromatic hydroxyl groups is 1. The first kappa shape index (κ1) is 17.7. The number of hydrogen-bond acceptors (Lipinski definition) is 7. The fourth-order valence-electron chi connectivity index (χ4n) is 3.37. The van der Waals surface area contributed by atoms with E-state index in [9.17, 15) is 5.11 Å². The van der Waals surface area contributed by atoms with E-state index in [1.54, 1.807) is 12.1 Å². The Morgan fingerprint density at radius 1 is 1.19 bits per heavy atom. The van der Waals surface area contributed by atoms with Gasteiger partial charge in [-0.05, 0) is 48.1 Å². The lowest BCUT2D eigenvalue weighted by molar-refractivity contribution is 0.195. The molecule has 0 aliphatic carbocycles. The Bertz CT molecular complexity index is 985. The van der Waals surface area contributed by atoms with Gasteiger partial charge in [-0.15, -0.1) is 5.10 Å². The summed E-state index contributed by atoms with van der Waals surface area (Å²) < 4.78 is 11.1. The van der Waals surface area contributed by atoms with Crippen LogP contribution in [0.15, 0.2) is 22.6 Å². The molecule has 2 N–H and O–H groups in total. The number of nitrogens with one attached hydrogen (secondary N) is 1. The summed E-state index contributed by atoms with van der Waals surface area (Å²) in [6.45, 7) is 9.68. The average Bonchev–Trinajstić information content (AvgIpc) is 3.26. The van der Waals surface area contributed by atoms with Gasteiger partial charge in [-0.2, -0.15) is 0 Å². The van der Waals surface area contributed by atoms with Crippen LogP contribution in [0.5, 0.6) is 5.75 Å². The largest absolute Gasteiger partial charge is 0.508 e. The molecule has 27 heavy (non-hydrogen) atoms. The van der Waals surface area contributed by atoms with Crippen molar-refractivity contribution in [2.75, 3.05) is 18.5 Å². The van der Waals surface area contributed by atoms with Crippen molar-refractivity contribution in [3.8, 4) is 17.3 Å². The van der Waals surface area contributed by atoms with Gasteiger partial charge in [0.15, 0.2) is 0 Å². The number of rotatable bonds is 3. The SMILES string of the molecule is Cc1cc(-c2nnc(N[C@@H]3CCOC3)o2)nc2c(C(C)(C)C)cc(O)cc12. The van der Waals surface area contributed by atoms with E-state index in [-0.39, 0.29) is 17.2 Å². The van der Waals surface area contributed by atoms with Crippen molar-refractivity contribution in [3.05, 3.63) is 29.3 Å². The smallest absolute Gasteiger partial charge is 0.316 e. The third-order valence-electron chi connectivity index (χ3n) is 4.81. The first-order chi connectivity index (χ1) is 12.8. The predicted octanol–water partition coefficient (Wildman–Crippen LogP) is 3.80. The molecule has 0 radical (unpaired) electrons. The Kier molecular flexibility index (Phi) is 4.26. The molecule has 142 valence electrons. The van der Waals surface area contributed by atoms with Crippen molar-refractivity contribution < 1.29 is 14.3 Å². The molecule has 3 heterocycles. The summed E-state index contributed by atoms with van der Waals surface area (Å²) in [5.41, 5.74) is 3.27. The standard InChI is InChI=1S/C20H24N4O3/c1-11-7-16(18-23-24-19(27-18)21-12-5-6-26-10-12)22-17-14(11)8-13(25)9-15(17)20(2,3)4/h7-9,12,25H,5-6,10H2,1-4H3,(H,21,24)/t12-/m1/s1. The Hall–Kier alpha value is -2.67. The lowest BCUT2D eigenvalue weighted by Gasteiger charge is -2.21. The van der Waals surface area contributed by atoms with Gasteiger partial charge in [-0.25, -0.2) is 4.98 Å². The third-order valence-corrected chi connectivity index (χ3v) is 4.81. The fourth-order valence-corrected chi connectivity index (χ4v) is 3.37. The molecule has 1 aromatic carbocycles. The van der Waals surface area contributed by atoms with Crippen molar-refractivity contribution in [1.29, 1.82) is 0 Å². The topological polar surface area (TPSA) is 93.3 Å². The molecule has 1 aliphatic heterocycles. The highest BCUT2D eigenvalue weighted by Crippen LogP contribution is 2.35. The van der Waals surface area contributed by atoms with Gasteiger partial charge >= 0.3 is 6.01 Å². The Labute approximate surface area is 157 Å². The van der Waals surface area contributed by atoms with E-state index < -0.39 is 0 Å². The molecular weight excluding hydrogens is 344 g/mol. The summed E-state index contributed by atoms with van der Waals surface area (Å²) in [6, 6.07) is 6.00. The highest BCUT2D eigenvalue weighted by molar-refractivity contribution is 5.89. The molecule has 2 aromatic heterocycles. The van der Waals surface area contributed by atoms with Gasteiger partial charge in [0, 0.05) is 12.0 Å². The number of aromatic nitrogens is 3. The van der Waals surface area contributed by atoms with Gasteiger partial charge in [-0.3, -0.25) is 0 Å². The molecule has 7 nitrogen and oxygen atoms in total. The van der Waals surface area contributed by atoms with Crippen molar-refractivity contribution in [2.45, 2.75) is 45.6 Å². The molecule has 0 saturated carbocycles. The third kappa shape index (κ3) is 3.47. The summed E-state index contributed by atoms with van der Waals surface area (Å²) in [5, 5.41) is 22.5. The number of nitrogens with zero attached hydrogens (tertiary/aromatic N) is 3. The number of ether oxygens (including phenoxy) is 1. The van der Waals surface area contributed by atoms with Crippen molar-refractivity contribution in [1.82, 2.24) is 15.2 Å². The Balaban J connectivity index is 1.76. The quantitative estimate of drug-likeness (QED) is 0.726. The number of aryl methyl sites for hydroxylation is 1. The van der Waals surface area contributed by atoms with Crippen LogP contribution in [-0.4, -0.2) is 39.5 Å². The zero-order valence-corrected chi connectivity index (χ0v) is 16.0. The number of phenols is 1. The van der Waals surface area contributed by atoms with Crippen LogP contribution >= 0.6 is 0 Å². The van der Waals surface area contributed by atoms with Gasteiger partial charge < -0.3 is 19.6 Å². The summed E-state index contributed by atoms with van der Waals surface area (Å²) in [5.74, 6) is 0.613. The van der Waals surface area contributed by atoms with E-state index in [2.05, 4.69) is 36.3 Å². The maximum Gasteiger partial charge on any atom is 0.316 e. The minimum Gasteiger partial charge on any atom is -0.508 e. The first-order valence-corrected chi connectivity index (χ1v) is 9.14. The van der Waals surface area contributed by atoms with Crippen LogP contribution in [0.25, 0.3) is 22.5 Å². The molecule has 0 amide bonds. The maximum atomic E-state index is 10.1. The number of anilines is 1. The molecule has 0 bridgehead atoms. The first-order valence-electron chi connectivity index (χ1n) is 9.14. The lowest BCUT2D eigenvalue weighted by Crippen LogP contribution is -2.18. The van der Waals surface area contributed by atoms with E-state index in [0.717, 1.165) is 35.1 Å². The van der Waals surface area contributed by atoms with Crippen LogP contribution in [0.2, 0.25) is 0 Å². The summed E-state index contributed by atoms with van der Waals surface area (Å²) in [7, 11) is 0. The monoisotopic (exact) mass is 368 g/mol. The second-order valence-electron chi connectivity index (χ2n) is 8.08. The summed E-state index contributed by atoms with van der Waals surface area (Å²) in [4.78, 5) is 4.80. The number of benzene rings is 1.